The maximum absolute atomic E-state index is 12.2. The Labute approximate surface area is 160 Å². The lowest BCUT2D eigenvalue weighted by molar-refractivity contribution is -0.124. The predicted molar refractivity (Wildman–Crippen MR) is 102 cm³/mol. The van der Waals surface area contributed by atoms with E-state index in [0.29, 0.717) is 15.7 Å². The SMILES string of the molecule is CC[S@](=O)c1ccccc1C(=O)OCC(=O)N[C@@H](C)c1cccc(Cl)c1. The Bertz CT molecular complexity index is 825. The topological polar surface area (TPSA) is 72.5 Å². The van der Waals surface area contributed by atoms with Crippen molar-refractivity contribution in [2.24, 2.45) is 0 Å². The van der Waals surface area contributed by atoms with Gasteiger partial charge >= 0.3 is 5.97 Å². The number of hydrogen-bond acceptors (Lipinski definition) is 4. The van der Waals surface area contributed by atoms with E-state index in [1.807, 2.05) is 13.0 Å². The van der Waals surface area contributed by atoms with Gasteiger partial charge in [-0.25, -0.2) is 4.79 Å². The van der Waals surface area contributed by atoms with Crippen molar-refractivity contribution in [3.05, 3.63) is 64.7 Å². The number of carbonyl (C=O) groups excluding carboxylic acids is 2. The van der Waals surface area contributed by atoms with Crippen molar-refractivity contribution in [3.63, 3.8) is 0 Å². The largest absolute Gasteiger partial charge is 0.452 e. The van der Waals surface area contributed by atoms with Crippen LogP contribution in [0, 0.1) is 0 Å². The number of hydrogen-bond donors (Lipinski definition) is 1. The lowest BCUT2D eigenvalue weighted by Crippen LogP contribution is -2.31. The molecule has 1 N–H and O–H groups in total. The van der Waals surface area contributed by atoms with Gasteiger partial charge in [0.15, 0.2) is 6.61 Å². The molecule has 0 saturated carbocycles. The van der Waals surface area contributed by atoms with Crippen molar-refractivity contribution in [1.82, 2.24) is 5.32 Å². The second-order valence-electron chi connectivity index (χ2n) is 5.55. The number of ether oxygens (including phenoxy) is 1. The highest BCUT2D eigenvalue weighted by atomic mass is 35.5. The molecule has 2 aromatic carbocycles. The molecule has 0 fully saturated rings. The van der Waals surface area contributed by atoms with E-state index < -0.39 is 29.3 Å². The third-order valence-electron chi connectivity index (χ3n) is 3.67. The van der Waals surface area contributed by atoms with E-state index in [-0.39, 0.29) is 11.6 Å². The summed E-state index contributed by atoms with van der Waals surface area (Å²) < 4.78 is 17.1. The van der Waals surface area contributed by atoms with E-state index in [1.54, 1.807) is 43.3 Å². The molecule has 0 aliphatic carbocycles. The van der Waals surface area contributed by atoms with Gasteiger partial charge in [0, 0.05) is 10.8 Å². The number of halogens is 1. The number of esters is 1. The van der Waals surface area contributed by atoms with Crippen molar-refractivity contribution in [2.45, 2.75) is 24.8 Å². The van der Waals surface area contributed by atoms with E-state index in [2.05, 4.69) is 5.32 Å². The highest BCUT2D eigenvalue weighted by Gasteiger charge is 2.18. The lowest BCUT2D eigenvalue weighted by Gasteiger charge is -2.15. The smallest absolute Gasteiger partial charge is 0.339 e. The van der Waals surface area contributed by atoms with Crippen molar-refractivity contribution in [3.8, 4) is 0 Å². The van der Waals surface area contributed by atoms with Gasteiger partial charge in [-0.1, -0.05) is 42.8 Å². The number of nitrogens with one attached hydrogen (secondary N) is 1. The van der Waals surface area contributed by atoms with Gasteiger partial charge in [-0.2, -0.15) is 0 Å². The van der Waals surface area contributed by atoms with Crippen LogP contribution in [0.25, 0.3) is 0 Å². The zero-order chi connectivity index (χ0) is 19.1. The van der Waals surface area contributed by atoms with Gasteiger partial charge in [0.05, 0.1) is 27.3 Å². The fraction of sp³-hybridized carbons (Fsp3) is 0.263. The molecule has 0 aliphatic heterocycles. The van der Waals surface area contributed by atoms with Gasteiger partial charge in [-0.3, -0.25) is 9.00 Å². The molecular weight excluding hydrogens is 374 g/mol. The van der Waals surface area contributed by atoms with Crippen molar-refractivity contribution in [1.29, 1.82) is 0 Å². The second-order valence-corrected chi connectivity index (χ2v) is 7.70. The summed E-state index contributed by atoms with van der Waals surface area (Å²) in [7, 11) is -1.29. The van der Waals surface area contributed by atoms with Crippen LogP contribution in [-0.4, -0.2) is 28.4 Å². The highest BCUT2D eigenvalue weighted by Crippen LogP contribution is 2.18. The zero-order valence-corrected chi connectivity index (χ0v) is 16.1. The van der Waals surface area contributed by atoms with Crippen LogP contribution in [0.3, 0.4) is 0 Å². The first-order chi connectivity index (χ1) is 12.4. The summed E-state index contributed by atoms with van der Waals surface area (Å²) >= 11 is 5.94. The van der Waals surface area contributed by atoms with E-state index >= 15 is 0 Å². The monoisotopic (exact) mass is 393 g/mol. The van der Waals surface area contributed by atoms with Gasteiger partial charge in [0.2, 0.25) is 0 Å². The minimum Gasteiger partial charge on any atom is -0.452 e. The Balaban J connectivity index is 1.95. The molecule has 2 atom stereocenters. The van der Waals surface area contributed by atoms with Crippen molar-refractivity contribution in [2.75, 3.05) is 12.4 Å². The van der Waals surface area contributed by atoms with Crippen LogP contribution < -0.4 is 5.32 Å². The Morgan fingerprint density at radius 3 is 2.62 bits per heavy atom. The minimum absolute atomic E-state index is 0.211. The van der Waals surface area contributed by atoms with E-state index in [1.165, 1.54) is 6.07 Å². The Morgan fingerprint density at radius 2 is 1.92 bits per heavy atom. The molecule has 0 spiro atoms. The fourth-order valence-corrected chi connectivity index (χ4v) is 3.48. The molecule has 1 amide bonds. The summed E-state index contributed by atoms with van der Waals surface area (Å²) in [6.07, 6.45) is 0. The van der Waals surface area contributed by atoms with Gasteiger partial charge in [-0.15, -0.1) is 0 Å². The summed E-state index contributed by atoms with van der Waals surface area (Å²) in [6.45, 7) is 3.16. The van der Waals surface area contributed by atoms with Gasteiger partial charge in [-0.05, 0) is 36.8 Å². The molecule has 0 aliphatic rings. The van der Waals surface area contributed by atoms with Gasteiger partial charge in [0.1, 0.15) is 0 Å². The summed E-state index contributed by atoms with van der Waals surface area (Å²) in [5.74, 6) is -0.713. The summed E-state index contributed by atoms with van der Waals surface area (Å²) in [4.78, 5) is 24.7. The summed E-state index contributed by atoms with van der Waals surface area (Å²) in [6, 6.07) is 13.4. The molecule has 0 unspecified atom stereocenters. The summed E-state index contributed by atoms with van der Waals surface area (Å²) in [5, 5.41) is 3.32. The molecule has 0 saturated heterocycles. The third kappa shape index (κ3) is 5.41. The number of amides is 1. The van der Waals surface area contributed by atoms with E-state index in [4.69, 9.17) is 16.3 Å². The number of rotatable bonds is 7. The van der Waals surface area contributed by atoms with Crippen LogP contribution in [0.1, 0.15) is 35.8 Å². The first-order valence-corrected chi connectivity index (χ1v) is 9.81. The van der Waals surface area contributed by atoms with Crippen LogP contribution in [-0.2, 0) is 20.3 Å². The summed E-state index contributed by atoms with van der Waals surface area (Å²) in [5.41, 5.74) is 1.06. The van der Waals surface area contributed by atoms with Crippen LogP contribution in [0.5, 0.6) is 0 Å². The van der Waals surface area contributed by atoms with Crippen molar-refractivity contribution >= 4 is 34.3 Å². The van der Waals surface area contributed by atoms with E-state index in [9.17, 15) is 13.8 Å². The van der Waals surface area contributed by atoms with Crippen molar-refractivity contribution < 1.29 is 18.5 Å². The maximum atomic E-state index is 12.2. The molecule has 0 bridgehead atoms. The normalized spacial score (nSPS) is 12.9. The molecule has 0 heterocycles. The molecule has 2 aromatic rings. The second kappa shape index (κ2) is 9.50. The molecule has 0 radical (unpaired) electrons. The molecule has 5 nitrogen and oxygen atoms in total. The maximum Gasteiger partial charge on any atom is 0.339 e. The average Bonchev–Trinajstić information content (AvgIpc) is 2.65. The molecular formula is C19H20ClNO4S. The Morgan fingerprint density at radius 1 is 1.19 bits per heavy atom. The fourth-order valence-electron chi connectivity index (χ4n) is 2.34. The van der Waals surface area contributed by atoms with Crippen LogP contribution in [0.15, 0.2) is 53.4 Å². The van der Waals surface area contributed by atoms with Gasteiger partial charge < -0.3 is 10.1 Å². The van der Waals surface area contributed by atoms with Crippen LogP contribution >= 0.6 is 11.6 Å². The molecule has 0 aromatic heterocycles. The van der Waals surface area contributed by atoms with Crippen LogP contribution in [0.2, 0.25) is 5.02 Å². The van der Waals surface area contributed by atoms with Crippen LogP contribution in [0.4, 0.5) is 0 Å². The first-order valence-electron chi connectivity index (χ1n) is 8.11. The third-order valence-corrected chi connectivity index (χ3v) is 5.28. The minimum atomic E-state index is -1.29. The van der Waals surface area contributed by atoms with E-state index in [0.717, 1.165) is 5.56 Å². The molecule has 7 heteroatoms. The molecule has 2 rings (SSSR count). The molecule has 26 heavy (non-hydrogen) atoms. The Hall–Kier alpha value is -2.18. The van der Waals surface area contributed by atoms with Gasteiger partial charge in [0.25, 0.3) is 5.91 Å². The highest BCUT2D eigenvalue weighted by molar-refractivity contribution is 7.85. The standard InChI is InChI=1S/C19H20ClNO4S/c1-3-26(24)17-10-5-4-9-16(17)19(23)25-12-18(22)21-13(2)14-7-6-8-15(20)11-14/h4-11,13H,3,12H2,1-2H3,(H,21,22)/t13-,26-/m0/s1. The quantitative estimate of drug-likeness (QED) is 0.731. The average molecular weight is 394 g/mol. The number of benzene rings is 2. The number of carbonyl (C=O) groups is 2. The predicted octanol–water partition coefficient (Wildman–Crippen LogP) is 3.50. The molecule has 138 valence electrons. The zero-order valence-electron chi connectivity index (χ0n) is 14.5. The Kier molecular flexibility index (Phi) is 7.36. The lowest BCUT2D eigenvalue weighted by atomic mass is 10.1. The first kappa shape index (κ1) is 20.1.